The van der Waals surface area contributed by atoms with Gasteiger partial charge < -0.3 is 10.2 Å². The fourth-order valence-corrected chi connectivity index (χ4v) is 0.904. The van der Waals surface area contributed by atoms with Gasteiger partial charge in [-0.3, -0.25) is 0 Å². The second kappa shape index (κ2) is 3.06. The van der Waals surface area contributed by atoms with E-state index in [4.69, 9.17) is 10.2 Å². The predicted molar refractivity (Wildman–Crippen MR) is 38.7 cm³/mol. The molecule has 1 aromatic carbocycles. The number of aliphatic hydroxyl groups excluding tert-OH is 1. The van der Waals surface area contributed by atoms with E-state index in [1.807, 2.05) is 0 Å². The number of hydrogen-bond donors (Lipinski definition) is 2. The van der Waals surface area contributed by atoms with Gasteiger partial charge in [0.2, 0.25) is 0 Å². The number of aromatic hydroxyl groups is 1. The Bertz CT molecular complexity index is 297. The first-order valence-electron chi connectivity index (χ1n) is 3.38. The molecule has 0 spiro atoms. The van der Waals surface area contributed by atoms with Gasteiger partial charge in [0.15, 0.2) is 11.6 Å². The first kappa shape index (κ1) is 8.93. The van der Waals surface area contributed by atoms with Gasteiger partial charge in [0, 0.05) is 11.6 Å². The van der Waals surface area contributed by atoms with E-state index in [2.05, 4.69) is 0 Å². The maximum absolute atomic E-state index is 12.6. The first-order chi connectivity index (χ1) is 5.52. The normalized spacial score (nSPS) is 13.0. The monoisotopic (exact) mass is 174 g/mol. The molecule has 12 heavy (non-hydrogen) atoms. The van der Waals surface area contributed by atoms with Crippen molar-refractivity contribution in [3.8, 4) is 5.75 Å². The second-order valence-electron chi connectivity index (χ2n) is 2.50. The zero-order valence-electron chi connectivity index (χ0n) is 6.38. The highest BCUT2D eigenvalue weighted by molar-refractivity contribution is 5.35. The van der Waals surface area contributed by atoms with Crippen LogP contribution in [0.15, 0.2) is 12.1 Å². The summed E-state index contributed by atoms with van der Waals surface area (Å²) in [6.07, 6.45) is -1.09. The minimum absolute atomic E-state index is 0.146. The van der Waals surface area contributed by atoms with Crippen molar-refractivity contribution in [1.82, 2.24) is 0 Å². The first-order valence-corrected chi connectivity index (χ1v) is 3.38. The summed E-state index contributed by atoms with van der Waals surface area (Å²) < 4.78 is 25.1. The average Bonchev–Trinajstić information content (AvgIpc) is 1.96. The van der Waals surface area contributed by atoms with Gasteiger partial charge in [-0.25, -0.2) is 8.78 Å². The number of aliphatic hydroxyl groups is 1. The van der Waals surface area contributed by atoms with E-state index >= 15 is 0 Å². The van der Waals surface area contributed by atoms with E-state index < -0.39 is 23.5 Å². The summed E-state index contributed by atoms with van der Waals surface area (Å²) in [5, 5.41) is 18.0. The molecule has 0 aromatic heterocycles. The molecular weight excluding hydrogens is 166 g/mol. The number of halogens is 2. The zero-order chi connectivity index (χ0) is 9.30. The van der Waals surface area contributed by atoms with Crippen LogP contribution in [0.3, 0.4) is 0 Å². The fourth-order valence-electron chi connectivity index (χ4n) is 0.904. The maximum atomic E-state index is 12.6. The molecule has 0 fully saturated rings. The molecule has 0 saturated heterocycles. The van der Waals surface area contributed by atoms with Gasteiger partial charge in [0.1, 0.15) is 5.82 Å². The molecule has 2 N–H and O–H groups in total. The smallest absolute Gasteiger partial charge is 0.168 e. The SMILES string of the molecule is C[C@@H](O)c1cc(F)cc(F)c1O. The topological polar surface area (TPSA) is 40.5 Å². The third-order valence-electron chi connectivity index (χ3n) is 1.51. The Kier molecular flexibility index (Phi) is 2.28. The Morgan fingerprint density at radius 2 is 1.92 bits per heavy atom. The van der Waals surface area contributed by atoms with Crippen LogP contribution in [-0.2, 0) is 0 Å². The molecule has 0 saturated carbocycles. The standard InChI is InChI=1S/C8H8F2O2/c1-4(11)6-2-5(9)3-7(10)8(6)12/h2-4,11-12H,1H3/t4-/m1/s1. The van der Waals surface area contributed by atoms with Crippen molar-refractivity contribution in [2.45, 2.75) is 13.0 Å². The van der Waals surface area contributed by atoms with Gasteiger partial charge in [0.25, 0.3) is 0 Å². The van der Waals surface area contributed by atoms with Gasteiger partial charge in [-0.15, -0.1) is 0 Å². The highest BCUT2D eigenvalue weighted by Crippen LogP contribution is 2.27. The minimum Gasteiger partial charge on any atom is -0.505 e. The molecule has 0 amide bonds. The van der Waals surface area contributed by atoms with E-state index in [9.17, 15) is 8.78 Å². The van der Waals surface area contributed by atoms with E-state index in [0.29, 0.717) is 6.07 Å². The van der Waals surface area contributed by atoms with Crippen LogP contribution in [0, 0.1) is 11.6 Å². The van der Waals surface area contributed by atoms with Crippen LogP contribution < -0.4 is 0 Å². The Morgan fingerprint density at radius 3 is 2.42 bits per heavy atom. The van der Waals surface area contributed by atoms with Gasteiger partial charge in [-0.05, 0) is 13.0 Å². The molecular formula is C8H8F2O2. The number of benzene rings is 1. The summed E-state index contributed by atoms with van der Waals surface area (Å²) in [6, 6.07) is 1.45. The van der Waals surface area contributed by atoms with E-state index in [-0.39, 0.29) is 5.56 Å². The van der Waals surface area contributed by atoms with Crippen molar-refractivity contribution in [2.75, 3.05) is 0 Å². The third-order valence-corrected chi connectivity index (χ3v) is 1.51. The second-order valence-corrected chi connectivity index (χ2v) is 2.50. The molecule has 1 atom stereocenters. The molecule has 0 aliphatic heterocycles. The number of phenolic OH excluding ortho intramolecular Hbond substituents is 1. The molecule has 0 aliphatic carbocycles. The largest absolute Gasteiger partial charge is 0.505 e. The fraction of sp³-hybridized carbons (Fsp3) is 0.250. The van der Waals surface area contributed by atoms with E-state index in [1.54, 1.807) is 0 Å². The lowest BCUT2D eigenvalue weighted by Crippen LogP contribution is -1.95. The highest BCUT2D eigenvalue weighted by atomic mass is 19.1. The molecule has 0 aliphatic rings. The Labute approximate surface area is 68.1 Å². The molecule has 4 heteroatoms. The molecule has 66 valence electrons. The number of phenols is 1. The zero-order valence-corrected chi connectivity index (χ0v) is 6.38. The lowest BCUT2D eigenvalue weighted by atomic mass is 10.1. The van der Waals surface area contributed by atoms with Crippen LogP contribution in [0.5, 0.6) is 5.75 Å². The van der Waals surface area contributed by atoms with E-state index in [1.165, 1.54) is 6.92 Å². The van der Waals surface area contributed by atoms with Gasteiger partial charge >= 0.3 is 0 Å². The van der Waals surface area contributed by atoms with Crippen molar-refractivity contribution < 1.29 is 19.0 Å². The summed E-state index contributed by atoms with van der Waals surface area (Å²) in [6.45, 7) is 1.31. The highest BCUT2D eigenvalue weighted by Gasteiger charge is 2.13. The summed E-state index contributed by atoms with van der Waals surface area (Å²) >= 11 is 0. The number of rotatable bonds is 1. The Balaban J connectivity index is 3.28. The minimum atomic E-state index is -1.09. The van der Waals surface area contributed by atoms with Crippen LogP contribution in [0.4, 0.5) is 8.78 Å². The quantitative estimate of drug-likeness (QED) is 0.680. The van der Waals surface area contributed by atoms with E-state index in [0.717, 1.165) is 6.07 Å². The molecule has 0 radical (unpaired) electrons. The van der Waals surface area contributed by atoms with Crippen molar-refractivity contribution in [2.24, 2.45) is 0 Å². The van der Waals surface area contributed by atoms with Gasteiger partial charge in [-0.1, -0.05) is 0 Å². The summed E-state index contributed by atoms with van der Waals surface area (Å²) in [4.78, 5) is 0. The van der Waals surface area contributed by atoms with Crippen LogP contribution in [0.2, 0.25) is 0 Å². The lowest BCUT2D eigenvalue weighted by molar-refractivity contribution is 0.193. The van der Waals surface area contributed by atoms with Crippen molar-refractivity contribution in [1.29, 1.82) is 0 Å². The summed E-state index contributed by atoms with van der Waals surface area (Å²) in [7, 11) is 0. The lowest BCUT2D eigenvalue weighted by Gasteiger charge is -2.07. The van der Waals surface area contributed by atoms with Crippen molar-refractivity contribution in [3.63, 3.8) is 0 Å². The average molecular weight is 174 g/mol. The van der Waals surface area contributed by atoms with Crippen LogP contribution in [0.1, 0.15) is 18.6 Å². The van der Waals surface area contributed by atoms with Gasteiger partial charge in [-0.2, -0.15) is 0 Å². The number of hydrogen-bond acceptors (Lipinski definition) is 2. The van der Waals surface area contributed by atoms with Crippen LogP contribution in [-0.4, -0.2) is 10.2 Å². The van der Waals surface area contributed by atoms with Crippen molar-refractivity contribution in [3.05, 3.63) is 29.3 Å². The molecule has 1 aromatic rings. The Morgan fingerprint density at radius 1 is 1.33 bits per heavy atom. The molecule has 0 heterocycles. The van der Waals surface area contributed by atoms with Crippen LogP contribution >= 0.6 is 0 Å². The summed E-state index contributed by atoms with van der Waals surface area (Å²) in [5.41, 5.74) is -0.146. The maximum Gasteiger partial charge on any atom is 0.168 e. The summed E-state index contributed by atoms with van der Waals surface area (Å²) in [5.74, 6) is -2.58. The molecule has 0 bridgehead atoms. The molecule has 1 rings (SSSR count). The third kappa shape index (κ3) is 1.53. The molecule has 0 unspecified atom stereocenters. The van der Waals surface area contributed by atoms with Gasteiger partial charge in [0.05, 0.1) is 6.10 Å². The molecule has 2 nitrogen and oxygen atoms in total. The van der Waals surface area contributed by atoms with Crippen molar-refractivity contribution >= 4 is 0 Å². The Hall–Kier alpha value is -1.16. The van der Waals surface area contributed by atoms with Crippen LogP contribution in [0.25, 0.3) is 0 Å². The predicted octanol–water partition coefficient (Wildman–Crippen LogP) is 1.72.